The quantitative estimate of drug-likeness (QED) is 0.0895. The summed E-state index contributed by atoms with van der Waals surface area (Å²) in [7, 11) is 0. The molecular weight excluding hydrogens is 590 g/mol. The van der Waals surface area contributed by atoms with E-state index in [1.54, 1.807) is 0 Å². The lowest BCUT2D eigenvalue weighted by Gasteiger charge is -2.57. The first-order chi connectivity index (χ1) is 23.4. The first kappa shape index (κ1) is 32.9. The van der Waals surface area contributed by atoms with E-state index < -0.39 is 0 Å². The van der Waals surface area contributed by atoms with Crippen molar-refractivity contribution in [2.75, 3.05) is 37.6 Å². The molecular formula is C43H56N3O2+. The Balaban J connectivity index is 1.13. The van der Waals surface area contributed by atoms with Crippen LogP contribution in [-0.2, 0) is 0 Å². The Morgan fingerprint density at radius 3 is 2.23 bits per heavy atom. The molecule has 254 valence electrons. The Labute approximate surface area is 287 Å². The molecule has 0 spiro atoms. The van der Waals surface area contributed by atoms with Gasteiger partial charge in [0.05, 0.1) is 6.07 Å². The average molecular weight is 647 g/mol. The zero-order chi connectivity index (χ0) is 33.3. The second kappa shape index (κ2) is 14.1. The molecule has 8 rings (SSSR count). The van der Waals surface area contributed by atoms with Crippen molar-refractivity contribution in [2.45, 2.75) is 91.9 Å². The van der Waals surface area contributed by atoms with E-state index in [4.69, 9.17) is 4.42 Å². The molecule has 0 saturated heterocycles. The van der Waals surface area contributed by atoms with Gasteiger partial charge >= 0.3 is 0 Å². The predicted octanol–water partition coefficient (Wildman–Crippen LogP) is 9.37. The molecule has 0 aromatic heterocycles. The van der Waals surface area contributed by atoms with Gasteiger partial charge in [0.1, 0.15) is 24.4 Å². The molecule has 1 heterocycles. The number of fused-ring (bicyclic) bond motifs is 2. The summed E-state index contributed by atoms with van der Waals surface area (Å²) in [5.41, 5.74) is 6.41. The van der Waals surface area contributed by atoms with Gasteiger partial charge < -0.3 is 14.6 Å². The molecule has 5 nitrogen and oxygen atoms in total. The van der Waals surface area contributed by atoms with Gasteiger partial charge in [-0.2, -0.15) is 0 Å². The van der Waals surface area contributed by atoms with Crippen molar-refractivity contribution < 1.29 is 9.21 Å². The largest absolute Gasteiger partial charge is 0.456 e. The number of rotatable bonds is 13. The molecule has 0 unspecified atom stereocenters. The van der Waals surface area contributed by atoms with Crippen LogP contribution in [0.25, 0.3) is 33.4 Å². The standard InChI is InChI=1S/C43H55N3O2/c1-5-45(6-2)33-16-18-37-39(25-33)48-40-26-34(46(7-3)8-4)17-19-38(40)41(37)35-14-10-11-15-36(35)42(47)44-21-13-9-12-20-43-27-30-22-31(28-43)24-32(23-30)29-43/h10-11,14-19,25-26,30-32H,5-9,12-13,20-24,27-29H2,1-4H3/p+1. The number of carbonyl (C=O) groups is 1. The highest BCUT2D eigenvalue weighted by Gasteiger charge is 2.50. The highest BCUT2D eigenvalue weighted by molar-refractivity contribution is 6.09. The summed E-state index contributed by atoms with van der Waals surface area (Å²) < 4.78 is 9.04. The van der Waals surface area contributed by atoms with Crippen molar-refractivity contribution >= 4 is 22.6 Å². The molecule has 2 aromatic rings. The van der Waals surface area contributed by atoms with Crippen molar-refractivity contribution in [3.8, 4) is 22.5 Å². The van der Waals surface area contributed by atoms with Crippen LogP contribution in [0.5, 0.6) is 0 Å². The fourth-order valence-corrected chi connectivity index (χ4v) is 10.3. The van der Waals surface area contributed by atoms with Crippen LogP contribution in [0.15, 0.2) is 65.1 Å². The molecule has 48 heavy (non-hydrogen) atoms. The molecule has 1 amide bonds. The molecule has 6 aliphatic rings. The Morgan fingerprint density at radius 1 is 0.833 bits per heavy atom. The summed E-state index contributed by atoms with van der Waals surface area (Å²) in [6.45, 7) is 13.2. The molecule has 5 aliphatic carbocycles. The monoisotopic (exact) mass is 646 g/mol. The number of nitrogens with zero attached hydrogens (tertiary/aromatic N) is 2. The van der Waals surface area contributed by atoms with E-state index >= 15 is 0 Å². The van der Waals surface area contributed by atoms with Gasteiger partial charge in [-0.15, -0.1) is 0 Å². The molecule has 1 N–H and O–H groups in total. The molecule has 4 bridgehead atoms. The molecule has 4 fully saturated rings. The van der Waals surface area contributed by atoms with Gasteiger partial charge in [-0.1, -0.05) is 31.0 Å². The lowest BCUT2D eigenvalue weighted by atomic mass is 9.48. The van der Waals surface area contributed by atoms with Gasteiger partial charge in [0.25, 0.3) is 5.91 Å². The van der Waals surface area contributed by atoms with Crippen LogP contribution in [0.4, 0.5) is 5.69 Å². The Bertz CT molecular complexity index is 1760. The first-order valence-electron chi connectivity index (χ1n) is 19.1. The normalized spacial score (nSPS) is 22.8. The van der Waals surface area contributed by atoms with Gasteiger partial charge in [0.15, 0.2) is 0 Å². The van der Waals surface area contributed by atoms with Crippen LogP contribution < -0.4 is 20.1 Å². The van der Waals surface area contributed by atoms with Crippen LogP contribution in [0.1, 0.15) is 102 Å². The van der Waals surface area contributed by atoms with E-state index in [1.807, 2.05) is 18.2 Å². The second-order valence-corrected chi connectivity index (χ2v) is 15.2. The predicted molar refractivity (Wildman–Crippen MR) is 200 cm³/mol. The Kier molecular flexibility index (Phi) is 9.67. The number of anilines is 1. The maximum Gasteiger partial charge on any atom is 0.251 e. The van der Waals surface area contributed by atoms with E-state index in [9.17, 15) is 4.79 Å². The molecule has 0 atom stereocenters. The molecule has 1 aliphatic heterocycles. The number of carbonyl (C=O) groups excluding carboxylic acids is 1. The van der Waals surface area contributed by atoms with Gasteiger partial charge in [-0.05, 0) is 132 Å². The van der Waals surface area contributed by atoms with Crippen LogP contribution in [0, 0.1) is 23.2 Å². The third kappa shape index (κ3) is 6.42. The van der Waals surface area contributed by atoms with Crippen LogP contribution >= 0.6 is 0 Å². The average Bonchev–Trinajstić information content (AvgIpc) is 3.09. The Hall–Kier alpha value is -3.60. The Morgan fingerprint density at radius 2 is 1.54 bits per heavy atom. The number of nitrogens with one attached hydrogen (secondary N) is 1. The lowest BCUT2D eigenvalue weighted by molar-refractivity contribution is -0.0583. The second-order valence-electron chi connectivity index (χ2n) is 15.2. The number of unbranched alkanes of at least 4 members (excludes halogenated alkanes) is 2. The summed E-state index contributed by atoms with van der Waals surface area (Å²) in [5, 5.41) is 5.48. The van der Waals surface area contributed by atoms with Gasteiger partial charge in [0.2, 0.25) is 5.36 Å². The van der Waals surface area contributed by atoms with Crippen LogP contribution in [0.3, 0.4) is 0 Å². The van der Waals surface area contributed by atoms with E-state index in [0.29, 0.717) is 5.41 Å². The smallest absolute Gasteiger partial charge is 0.251 e. The number of hydrogen-bond acceptors (Lipinski definition) is 3. The highest BCUT2D eigenvalue weighted by atomic mass is 16.3. The van der Waals surface area contributed by atoms with Crippen LogP contribution in [-0.4, -0.2) is 38.6 Å². The van der Waals surface area contributed by atoms with Crippen molar-refractivity contribution in [2.24, 2.45) is 23.2 Å². The van der Waals surface area contributed by atoms with Gasteiger partial charge in [-0.3, -0.25) is 4.79 Å². The molecule has 4 saturated carbocycles. The minimum Gasteiger partial charge on any atom is -0.456 e. The number of amides is 1. The lowest BCUT2D eigenvalue weighted by Crippen LogP contribution is -2.45. The fraction of sp³-hybridized carbons (Fsp3) is 0.535. The SMILES string of the molecule is CCN(CC)c1ccc2c(-c3ccccc3C(=O)NCCCCCC34CC5CC(CC(C5)C3)C4)c3ccc(=[N+](CC)CC)cc-3oc2c1. The maximum atomic E-state index is 13.9. The number of benzene rings is 3. The third-order valence-corrected chi connectivity index (χ3v) is 12.2. The van der Waals surface area contributed by atoms with Gasteiger partial charge in [-0.25, -0.2) is 4.58 Å². The van der Waals surface area contributed by atoms with E-state index in [0.717, 1.165) is 107 Å². The van der Waals surface area contributed by atoms with Crippen LogP contribution in [0.2, 0.25) is 0 Å². The van der Waals surface area contributed by atoms with Crippen molar-refractivity contribution in [1.29, 1.82) is 0 Å². The van der Waals surface area contributed by atoms with Crippen molar-refractivity contribution in [1.82, 2.24) is 9.89 Å². The molecule has 0 radical (unpaired) electrons. The summed E-state index contributed by atoms with van der Waals surface area (Å²) in [4.78, 5) is 16.2. The topological polar surface area (TPSA) is 48.5 Å². The van der Waals surface area contributed by atoms with Crippen molar-refractivity contribution in [3.63, 3.8) is 0 Å². The zero-order valence-corrected chi connectivity index (χ0v) is 29.8. The van der Waals surface area contributed by atoms with E-state index in [-0.39, 0.29) is 5.91 Å². The fourth-order valence-electron chi connectivity index (χ4n) is 10.3. The summed E-state index contributed by atoms with van der Waals surface area (Å²) in [5.74, 6) is 3.92. The molecule has 5 heteroatoms. The van der Waals surface area contributed by atoms with E-state index in [1.165, 1.54) is 57.8 Å². The maximum absolute atomic E-state index is 13.9. The summed E-state index contributed by atoms with van der Waals surface area (Å²) >= 11 is 0. The third-order valence-electron chi connectivity index (χ3n) is 12.2. The minimum atomic E-state index is 0.00768. The zero-order valence-electron chi connectivity index (χ0n) is 29.8. The molecule has 2 aromatic carbocycles. The minimum absolute atomic E-state index is 0.00768. The summed E-state index contributed by atoms with van der Waals surface area (Å²) in [6, 6.07) is 21.2. The summed E-state index contributed by atoms with van der Waals surface area (Å²) in [6.07, 6.45) is 14.0. The van der Waals surface area contributed by atoms with Crippen molar-refractivity contribution in [3.05, 3.63) is 71.6 Å². The van der Waals surface area contributed by atoms with E-state index in [2.05, 4.69) is 85.0 Å². The first-order valence-corrected chi connectivity index (χ1v) is 19.1. The highest BCUT2D eigenvalue weighted by Crippen LogP contribution is 2.61. The van der Waals surface area contributed by atoms with Gasteiger partial charge in [0, 0.05) is 59.5 Å². The number of hydrogen-bond donors (Lipinski definition) is 1.